The molecule has 7 rings (SSSR count). The molecular weight excluding hydrogens is 1430 g/mol. The Bertz CT molecular complexity index is 3240. The topological polar surface area (TPSA) is 289 Å². The molecule has 4 aliphatic carbocycles. The second kappa shape index (κ2) is 38.9. The Kier molecular flexibility index (Phi) is 31.8. The van der Waals surface area contributed by atoms with Crippen molar-refractivity contribution < 1.29 is 93.4 Å². The fourth-order valence-electron chi connectivity index (χ4n) is 17.6. The first-order valence-electron chi connectivity index (χ1n) is 39.5. The zero-order chi connectivity index (χ0) is 80.9. The van der Waals surface area contributed by atoms with Gasteiger partial charge in [0.05, 0.1) is 43.6 Å². The number of rotatable bonds is 15. The van der Waals surface area contributed by atoms with Gasteiger partial charge in [-0.05, 0) is 152 Å². The lowest BCUT2D eigenvalue weighted by Crippen LogP contribution is -2.68. The van der Waals surface area contributed by atoms with Crippen LogP contribution in [0.25, 0.3) is 0 Å². The van der Waals surface area contributed by atoms with Crippen LogP contribution < -0.4 is 16.0 Å². The molecule has 2 saturated heterocycles. The Labute approximate surface area is 638 Å². The van der Waals surface area contributed by atoms with Crippen molar-refractivity contribution in [1.82, 2.24) is 60.0 Å². The predicted molar refractivity (Wildman–Crippen MR) is 391 cm³/mol. The highest BCUT2D eigenvalue weighted by Gasteiger charge is 2.55. The maximum Gasteiger partial charge on any atom is 0.394 e. The normalized spacial score (nSPS) is 31.1. The summed E-state index contributed by atoms with van der Waals surface area (Å²) in [5, 5.41) is 8.66. The largest absolute Gasteiger partial charge is 0.394 e. The minimum atomic E-state index is -4.56. The fraction of sp³-hybridized carbons (Fsp3) is 0.818. The number of hydrogen-bond acceptors (Lipinski definition) is 14. The highest BCUT2D eigenvalue weighted by Crippen LogP contribution is 2.45. The van der Waals surface area contributed by atoms with E-state index in [0.29, 0.717) is 44.9 Å². The molecular formula is C77H122F6N12O14. The number of fused-ring (bicyclic) bond motifs is 3. The third kappa shape index (κ3) is 21.8. The van der Waals surface area contributed by atoms with Crippen molar-refractivity contribution in [2.75, 3.05) is 95.8 Å². The lowest BCUT2D eigenvalue weighted by atomic mass is 9.74. The number of amides is 12. The number of ether oxygens (including phenoxy) is 2. The SMILES string of the molecule is CCCN(C)C(=O)[C@@H]1CC(=O)N(C)[C@@H](C(C)C)C(=O)N[C@@H]([C@@H](C)CC)C(=O)N(C)CC(=O)N(C)[C@H]2C/C=C\CCN(C2=O)[C@@H](CC2CCC(C(F)(F)F)CC2)C(=O)N(C)CC(=O)N[C@@H](CCC2CCC(C(F)(F)F)C(OC)C2)C(=O)N2C[C@H](OCC)C[C@H]2C(=O)NC2(CCC2)C(=O)N(C)[C@@H](C2CCCC2)C(=O)N1C. The summed E-state index contributed by atoms with van der Waals surface area (Å²) >= 11 is 0. The summed E-state index contributed by atoms with van der Waals surface area (Å²) in [6.07, 6.45) is -5.13. The fourth-order valence-corrected chi connectivity index (χ4v) is 17.6. The summed E-state index contributed by atoms with van der Waals surface area (Å²) in [5.74, 6) is -14.7. The zero-order valence-electron chi connectivity index (χ0n) is 66.5. The highest BCUT2D eigenvalue weighted by atomic mass is 19.4. The molecule has 0 aromatic carbocycles. The van der Waals surface area contributed by atoms with E-state index in [2.05, 4.69) is 16.0 Å². The molecule has 3 N–H and O–H groups in total. The van der Waals surface area contributed by atoms with Gasteiger partial charge >= 0.3 is 12.4 Å². The predicted octanol–water partition coefficient (Wildman–Crippen LogP) is 6.47. The highest BCUT2D eigenvalue weighted by molar-refractivity contribution is 6.01. The summed E-state index contributed by atoms with van der Waals surface area (Å²) in [6, 6.07) is -10.9. The lowest BCUT2D eigenvalue weighted by Gasteiger charge is -2.46. The van der Waals surface area contributed by atoms with Gasteiger partial charge in [-0.2, -0.15) is 26.3 Å². The van der Waals surface area contributed by atoms with Gasteiger partial charge in [0.1, 0.15) is 53.9 Å². The minimum absolute atomic E-state index is 0.0353. The maximum absolute atomic E-state index is 15.7. The summed E-state index contributed by atoms with van der Waals surface area (Å²) in [4.78, 5) is 193. The van der Waals surface area contributed by atoms with Gasteiger partial charge in [-0.3, -0.25) is 57.5 Å². The Morgan fingerprint density at radius 2 is 1.30 bits per heavy atom. The Hall–Kier alpha value is -7.12. The van der Waals surface area contributed by atoms with Crippen LogP contribution in [0.4, 0.5) is 26.3 Å². The van der Waals surface area contributed by atoms with E-state index in [4.69, 9.17) is 9.47 Å². The number of nitrogens with one attached hydrogen (secondary N) is 3. The zero-order valence-corrected chi connectivity index (χ0v) is 66.5. The molecule has 12 amide bonds. The average molecular weight is 1550 g/mol. The van der Waals surface area contributed by atoms with E-state index in [1.165, 1.54) is 78.8 Å². The van der Waals surface area contributed by atoms with Crippen LogP contribution in [0.2, 0.25) is 0 Å². The number of likely N-dealkylation sites (N-methyl/N-ethyl adjacent to an activating group) is 7. The van der Waals surface area contributed by atoms with Crippen molar-refractivity contribution in [3.63, 3.8) is 0 Å². The summed E-state index contributed by atoms with van der Waals surface area (Å²) in [6.45, 7) is 9.14. The maximum atomic E-state index is 15.7. The van der Waals surface area contributed by atoms with Gasteiger partial charge in [0.25, 0.3) is 0 Å². The summed E-state index contributed by atoms with van der Waals surface area (Å²) in [5.41, 5.74) is -1.63. The molecule has 0 radical (unpaired) electrons. The summed E-state index contributed by atoms with van der Waals surface area (Å²) < 4.78 is 96.9. The van der Waals surface area contributed by atoms with Crippen molar-refractivity contribution in [1.29, 1.82) is 0 Å². The molecule has 13 atom stereocenters. The van der Waals surface area contributed by atoms with Crippen LogP contribution >= 0.6 is 0 Å². The first kappa shape index (κ1) is 89.1. The van der Waals surface area contributed by atoms with Crippen molar-refractivity contribution in [3.05, 3.63) is 12.2 Å². The van der Waals surface area contributed by atoms with Crippen molar-refractivity contribution in [2.24, 2.45) is 41.4 Å². The second-order valence-electron chi connectivity index (χ2n) is 32.4. The molecule has 32 heteroatoms. The number of halogens is 6. The Balaban J connectivity index is 1.33. The molecule has 3 unspecified atom stereocenters. The lowest BCUT2D eigenvalue weighted by molar-refractivity contribution is -0.215. The second-order valence-corrected chi connectivity index (χ2v) is 32.4. The minimum Gasteiger partial charge on any atom is -0.381 e. The van der Waals surface area contributed by atoms with E-state index in [9.17, 15) is 50.3 Å². The van der Waals surface area contributed by atoms with Crippen molar-refractivity contribution in [3.8, 4) is 0 Å². The van der Waals surface area contributed by atoms with Gasteiger partial charge in [0.2, 0.25) is 70.9 Å². The van der Waals surface area contributed by atoms with Crippen LogP contribution in [0, 0.1) is 41.4 Å². The van der Waals surface area contributed by atoms with Crippen LogP contribution in [0.3, 0.4) is 0 Å². The van der Waals surface area contributed by atoms with Crippen LogP contribution in [0.1, 0.15) is 189 Å². The Morgan fingerprint density at radius 1 is 0.661 bits per heavy atom. The van der Waals surface area contributed by atoms with E-state index >= 15 is 33.6 Å². The molecule has 26 nitrogen and oxygen atoms in total. The van der Waals surface area contributed by atoms with Gasteiger partial charge in [0.15, 0.2) is 0 Å². The third-order valence-corrected chi connectivity index (χ3v) is 24.6. The number of carbonyl (C=O) groups is 12. The molecule has 6 fully saturated rings. The first-order valence-corrected chi connectivity index (χ1v) is 39.5. The number of hydrogen-bond donors (Lipinski definition) is 3. The standard InChI is InChI=1S/C77H122F6N12O14/c1-15-37-87(7)69(102)57-42-61(97)92(12)64(46(4)5)67(100)85-63(47(6)16-2)72(105)89(9)45-62(98)90(10)55-26-19-18-22-38-94(71(55)104)58(39-48-27-31-51(32-28-48)76(78,79)80)70(103)88(8)44-60(96)84-54(34-30-49-29-33-53(77(81,82)83)59(40-49)108-14)68(101)95-43-52(109-17-3)41-56(95)66(99)86-75(35-23-36-75)74(107)93(13)65(73(106)91(57)11)50-24-20-21-25-50/h18-19,46-59,63-65H,15-17,20-45H2,1-14H3,(H,84,96)(H,85,100)(H,86,99)/b19-18-/t47-,48?,49?,51?,52+,53?,54-,55-,56-,57-,58-,59?,63-,64-,65-/m0/s1. The third-order valence-electron chi connectivity index (χ3n) is 24.6. The van der Waals surface area contributed by atoms with Crippen LogP contribution in [-0.2, 0) is 67.0 Å². The van der Waals surface area contributed by atoms with Crippen LogP contribution in [0.5, 0.6) is 0 Å². The summed E-state index contributed by atoms with van der Waals surface area (Å²) in [7, 11) is 11.0. The monoisotopic (exact) mass is 1550 g/mol. The van der Waals surface area contributed by atoms with E-state index in [1.54, 1.807) is 53.8 Å². The molecule has 2 bridgehead atoms. The smallest absolute Gasteiger partial charge is 0.381 e. The van der Waals surface area contributed by atoms with Crippen molar-refractivity contribution in [2.45, 2.75) is 268 Å². The van der Waals surface area contributed by atoms with E-state index in [1.807, 2.05) is 6.92 Å². The first-order chi connectivity index (χ1) is 51.2. The number of methoxy groups -OCH3 is 1. The molecule has 3 aliphatic heterocycles. The van der Waals surface area contributed by atoms with Crippen molar-refractivity contribution >= 4 is 70.9 Å². The molecule has 4 saturated carbocycles. The molecule has 7 aliphatic rings. The number of alkyl halides is 6. The van der Waals surface area contributed by atoms with Gasteiger partial charge in [-0.15, -0.1) is 0 Å². The van der Waals surface area contributed by atoms with E-state index in [0.717, 1.165) is 14.7 Å². The quantitative estimate of drug-likeness (QED) is 0.117. The van der Waals surface area contributed by atoms with Gasteiger partial charge in [-0.1, -0.05) is 66.0 Å². The molecule has 616 valence electrons. The van der Waals surface area contributed by atoms with Crippen LogP contribution in [0.15, 0.2) is 12.2 Å². The molecule has 1 spiro atoms. The van der Waals surface area contributed by atoms with E-state index in [-0.39, 0.29) is 123 Å². The van der Waals surface area contributed by atoms with Gasteiger partial charge < -0.3 is 69.5 Å². The van der Waals surface area contributed by atoms with Gasteiger partial charge in [-0.25, -0.2) is 0 Å². The number of carbonyl (C=O) groups excluding carboxylic acids is 12. The number of nitrogens with zero attached hydrogens (tertiary/aromatic N) is 9. The molecule has 0 aromatic heterocycles. The molecule has 0 aromatic rings. The van der Waals surface area contributed by atoms with E-state index < -0.39 is 210 Å². The Morgan fingerprint density at radius 3 is 1.88 bits per heavy atom. The molecule has 3 heterocycles. The average Bonchev–Trinajstić information content (AvgIpc) is 1.74. The molecule has 109 heavy (non-hydrogen) atoms. The van der Waals surface area contributed by atoms with Gasteiger partial charge in [0, 0.05) is 89.1 Å². The van der Waals surface area contributed by atoms with Crippen LogP contribution in [-0.4, -0.2) is 289 Å².